The molecule has 0 unspecified atom stereocenters. The Kier molecular flexibility index (Phi) is 5.78. The first-order valence-corrected chi connectivity index (χ1v) is 9.69. The Balaban J connectivity index is 1.65. The molecule has 2 aromatic carbocycles. The highest BCUT2D eigenvalue weighted by atomic mass is 35.5. The van der Waals surface area contributed by atoms with Gasteiger partial charge in [-0.3, -0.25) is 4.79 Å². The molecule has 3 rings (SSSR count). The number of halogens is 1. The van der Waals surface area contributed by atoms with E-state index in [1.807, 2.05) is 57.2 Å². The minimum Gasteiger partial charge on any atom is -0.454 e. The van der Waals surface area contributed by atoms with E-state index in [4.69, 9.17) is 16.3 Å². The summed E-state index contributed by atoms with van der Waals surface area (Å²) in [4.78, 5) is 25.1. The molecule has 3 aromatic rings. The molecule has 0 saturated carbocycles. The van der Waals surface area contributed by atoms with E-state index in [0.29, 0.717) is 10.6 Å². The summed E-state index contributed by atoms with van der Waals surface area (Å²) in [6, 6.07) is 11.6. The van der Waals surface area contributed by atoms with Crippen molar-refractivity contribution in [3.05, 3.63) is 74.6 Å². The maximum absolute atomic E-state index is 12.4. The Labute approximate surface area is 167 Å². The summed E-state index contributed by atoms with van der Waals surface area (Å²) in [6.45, 7) is 5.55. The van der Waals surface area contributed by atoms with Crippen LogP contribution in [0, 0.1) is 20.8 Å². The van der Waals surface area contributed by atoms with Crippen molar-refractivity contribution in [3.63, 3.8) is 0 Å². The van der Waals surface area contributed by atoms with Crippen molar-refractivity contribution in [1.29, 1.82) is 0 Å². The van der Waals surface area contributed by atoms with Crippen LogP contribution in [-0.2, 0) is 9.53 Å². The molecule has 138 valence electrons. The van der Waals surface area contributed by atoms with E-state index in [2.05, 4.69) is 0 Å². The molecule has 0 aliphatic rings. The van der Waals surface area contributed by atoms with Crippen LogP contribution in [0.25, 0.3) is 16.2 Å². The third-order valence-corrected chi connectivity index (χ3v) is 6.07. The number of carbonyl (C=O) groups excluding carboxylic acids is 2. The minimum atomic E-state index is -0.571. The minimum absolute atomic E-state index is 0.211. The van der Waals surface area contributed by atoms with Crippen LogP contribution in [0.5, 0.6) is 0 Å². The van der Waals surface area contributed by atoms with Gasteiger partial charge >= 0.3 is 5.97 Å². The van der Waals surface area contributed by atoms with Crippen LogP contribution in [0.3, 0.4) is 0 Å². The highest BCUT2D eigenvalue weighted by Gasteiger charge is 2.13. The number of hydrogen-bond acceptors (Lipinski definition) is 4. The summed E-state index contributed by atoms with van der Waals surface area (Å²) in [6.07, 6.45) is 2.93. The number of esters is 1. The van der Waals surface area contributed by atoms with Crippen molar-refractivity contribution in [1.82, 2.24) is 0 Å². The molecule has 0 atom stereocenters. The number of thiophene rings is 1. The summed E-state index contributed by atoms with van der Waals surface area (Å²) in [5.41, 5.74) is 3.63. The molecule has 0 spiro atoms. The van der Waals surface area contributed by atoms with Gasteiger partial charge in [0.1, 0.15) is 0 Å². The molecule has 0 fully saturated rings. The Bertz CT molecular complexity index is 1060. The Morgan fingerprint density at radius 3 is 2.52 bits per heavy atom. The lowest BCUT2D eigenvalue weighted by Gasteiger charge is -2.09. The number of ether oxygens (including phenoxy) is 1. The van der Waals surface area contributed by atoms with Crippen LogP contribution >= 0.6 is 22.9 Å². The van der Waals surface area contributed by atoms with Gasteiger partial charge in [-0.2, -0.15) is 0 Å². The molecule has 27 heavy (non-hydrogen) atoms. The SMILES string of the molecule is Cc1cc(C)c(C(=O)COC(=O)/C=C/c2sc3ccccc3c2Cl)cc1C. The van der Waals surface area contributed by atoms with Crippen molar-refractivity contribution in [2.75, 3.05) is 6.61 Å². The zero-order valence-corrected chi connectivity index (χ0v) is 16.9. The van der Waals surface area contributed by atoms with Gasteiger partial charge in [0.05, 0.1) is 5.02 Å². The van der Waals surface area contributed by atoms with Gasteiger partial charge in [-0.25, -0.2) is 4.79 Å². The molecule has 0 N–H and O–H groups in total. The lowest BCUT2D eigenvalue weighted by atomic mass is 9.98. The summed E-state index contributed by atoms with van der Waals surface area (Å²) < 4.78 is 6.16. The normalized spacial score (nSPS) is 11.3. The average Bonchev–Trinajstić information content (AvgIpc) is 2.97. The number of Topliss-reactive ketones (excluding diaryl/α,β-unsaturated/α-hetero) is 1. The second-order valence-electron chi connectivity index (χ2n) is 6.39. The molecule has 0 saturated heterocycles. The van der Waals surface area contributed by atoms with Crippen molar-refractivity contribution in [2.45, 2.75) is 20.8 Å². The first kappa shape index (κ1) is 19.3. The number of rotatable bonds is 5. The van der Waals surface area contributed by atoms with Crippen molar-refractivity contribution in [3.8, 4) is 0 Å². The lowest BCUT2D eigenvalue weighted by molar-refractivity contribution is -0.136. The molecule has 0 aliphatic carbocycles. The van der Waals surface area contributed by atoms with E-state index >= 15 is 0 Å². The van der Waals surface area contributed by atoms with Crippen LogP contribution in [0.15, 0.2) is 42.5 Å². The molecule has 1 aromatic heterocycles. The van der Waals surface area contributed by atoms with E-state index in [-0.39, 0.29) is 12.4 Å². The first-order valence-electron chi connectivity index (χ1n) is 8.49. The molecule has 5 heteroatoms. The average molecular weight is 399 g/mol. The number of ketones is 1. The standard InChI is InChI=1S/C22H19ClO3S/c1-13-10-15(3)17(11-14(13)2)18(24)12-26-21(25)9-8-20-22(23)16-6-4-5-7-19(16)27-20/h4-11H,12H2,1-3H3/b9-8+. The zero-order valence-electron chi connectivity index (χ0n) is 15.3. The van der Waals surface area contributed by atoms with Gasteiger partial charge in [0.15, 0.2) is 6.61 Å². The molecular weight excluding hydrogens is 380 g/mol. The monoisotopic (exact) mass is 398 g/mol. The van der Waals surface area contributed by atoms with Crippen LogP contribution in [-0.4, -0.2) is 18.4 Å². The Morgan fingerprint density at radius 2 is 1.78 bits per heavy atom. The second-order valence-corrected chi connectivity index (χ2v) is 7.85. The molecule has 0 aliphatic heterocycles. The summed E-state index contributed by atoms with van der Waals surface area (Å²) in [5.74, 6) is -0.782. The van der Waals surface area contributed by atoms with Gasteiger partial charge < -0.3 is 4.74 Å². The van der Waals surface area contributed by atoms with Crippen LogP contribution in [0.4, 0.5) is 0 Å². The second kappa shape index (κ2) is 8.07. The predicted molar refractivity (Wildman–Crippen MR) is 112 cm³/mol. The molecule has 0 bridgehead atoms. The van der Waals surface area contributed by atoms with Crippen molar-refractivity contribution >= 4 is 50.9 Å². The highest BCUT2D eigenvalue weighted by molar-refractivity contribution is 7.20. The summed E-state index contributed by atoms with van der Waals surface area (Å²) in [5, 5.41) is 1.57. The van der Waals surface area contributed by atoms with Crippen LogP contribution < -0.4 is 0 Å². The fraction of sp³-hybridized carbons (Fsp3) is 0.182. The molecule has 3 nitrogen and oxygen atoms in total. The van der Waals surface area contributed by atoms with E-state index < -0.39 is 5.97 Å². The summed E-state index contributed by atoms with van der Waals surface area (Å²) >= 11 is 7.84. The van der Waals surface area contributed by atoms with E-state index in [0.717, 1.165) is 31.7 Å². The Hall–Kier alpha value is -2.43. The number of hydrogen-bond donors (Lipinski definition) is 0. The van der Waals surface area contributed by atoms with Gasteiger partial charge in [-0.1, -0.05) is 35.9 Å². The number of carbonyl (C=O) groups is 2. The van der Waals surface area contributed by atoms with Gasteiger partial charge in [-0.05, 0) is 55.7 Å². The Morgan fingerprint density at radius 1 is 1.07 bits per heavy atom. The fourth-order valence-corrected chi connectivity index (χ4v) is 4.21. The first-order chi connectivity index (χ1) is 12.9. The predicted octanol–water partition coefficient (Wildman–Crippen LogP) is 5.92. The van der Waals surface area contributed by atoms with Crippen LogP contribution in [0.1, 0.15) is 31.9 Å². The highest BCUT2D eigenvalue weighted by Crippen LogP contribution is 2.35. The zero-order chi connectivity index (χ0) is 19.6. The largest absolute Gasteiger partial charge is 0.454 e. The number of aryl methyl sites for hydroxylation is 3. The fourth-order valence-electron chi connectivity index (χ4n) is 2.81. The topological polar surface area (TPSA) is 43.4 Å². The molecule has 0 radical (unpaired) electrons. The van der Waals surface area contributed by atoms with Gasteiger partial charge in [0, 0.05) is 26.6 Å². The van der Waals surface area contributed by atoms with Crippen molar-refractivity contribution in [2.24, 2.45) is 0 Å². The van der Waals surface area contributed by atoms with E-state index in [9.17, 15) is 9.59 Å². The number of fused-ring (bicyclic) bond motifs is 1. The molecular formula is C22H19ClO3S. The lowest BCUT2D eigenvalue weighted by Crippen LogP contribution is -2.14. The van der Waals surface area contributed by atoms with Gasteiger partial charge in [0.2, 0.25) is 5.78 Å². The van der Waals surface area contributed by atoms with E-state index in [1.165, 1.54) is 17.4 Å². The van der Waals surface area contributed by atoms with Gasteiger partial charge in [0.25, 0.3) is 0 Å². The maximum atomic E-state index is 12.4. The maximum Gasteiger partial charge on any atom is 0.331 e. The third-order valence-electron chi connectivity index (χ3n) is 4.42. The molecule has 0 amide bonds. The quantitative estimate of drug-likeness (QED) is 0.304. The smallest absolute Gasteiger partial charge is 0.331 e. The van der Waals surface area contributed by atoms with E-state index in [1.54, 1.807) is 6.08 Å². The van der Waals surface area contributed by atoms with Crippen molar-refractivity contribution < 1.29 is 14.3 Å². The number of benzene rings is 2. The van der Waals surface area contributed by atoms with Gasteiger partial charge in [-0.15, -0.1) is 11.3 Å². The third kappa shape index (κ3) is 4.29. The summed E-state index contributed by atoms with van der Waals surface area (Å²) in [7, 11) is 0. The van der Waals surface area contributed by atoms with Crippen LogP contribution in [0.2, 0.25) is 5.02 Å². The molecule has 1 heterocycles.